The van der Waals surface area contributed by atoms with Gasteiger partial charge in [-0.05, 0) is 43.7 Å². The Morgan fingerprint density at radius 2 is 2.00 bits per heavy atom. The van der Waals surface area contributed by atoms with Gasteiger partial charge in [0.2, 0.25) is 0 Å². The third-order valence-electron chi connectivity index (χ3n) is 2.51. The summed E-state index contributed by atoms with van der Waals surface area (Å²) in [5.41, 5.74) is 4.76. The van der Waals surface area contributed by atoms with Gasteiger partial charge in [-0.15, -0.1) is 0 Å². The van der Waals surface area contributed by atoms with Gasteiger partial charge in [0, 0.05) is 17.5 Å². The molecule has 4 N–H and O–H groups in total. The molecule has 2 aromatic heterocycles. The molecule has 0 aromatic carbocycles. The van der Waals surface area contributed by atoms with Gasteiger partial charge < -0.3 is 10.7 Å². The molecular formula is C13H15N5O. The second-order valence-corrected chi connectivity index (χ2v) is 4.20. The predicted octanol–water partition coefficient (Wildman–Crippen LogP) is 1.63. The van der Waals surface area contributed by atoms with Gasteiger partial charge in [0.05, 0.1) is 0 Å². The zero-order valence-electron chi connectivity index (χ0n) is 10.8. The van der Waals surface area contributed by atoms with Crippen LogP contribution in [0.1, 0.15) is 21.6 Å². The molecule has 2 heterocycles. The zero-order chi connectivity index (χ0) is 13.8. The Kier molecular flexibility index (Phi) is 3.72. The standard InChI is InChI=1S/C13H15N5O/c1-8-5-9(2)16-12(6-8)17-13(19)10-3-4-15-11(7-10)18-14/h3-7H,14H2,1-2H3,(H,15,18)(H,16,17,19). The van der Waals surface area contributed by atoms with E-state index in [1.165, 1.54) is 6.20 Å². The highest BCUT2D eigenvalue weighted by Crippen LogP contribution is 2.12. The predicted molar refractivity (Wildman–Crippen MR) is 73.7 cm³/mol. The van der Waals surface area contributed by atoms with Crippen LogP contribution in [-0.2, 0) is 0 Å². The van der Waals surface area contributed by atoms with Gasteiger partial charge in [0.25, 0.3) is 5.91 Å². The first-order valence-corrected chi connectivity index (χ1v) is 5.78. The van der Waals surface area contributed by atoms with Crippen molar-refractivity contribution in [1.82, 2.24) is 9.97 Å². The summed E-state index contributed by atoms with van der Waals surface area (Å²) in [4.78, 5) is 20.3. The number of hydrazine groups is 1. The van der Waals surface area contributed by atoms with Crippen LogP contribution in [0, 0.1) is 13.8 Å². The van der Waals surface area contributed by atoms with E-state index in [0.717, 1.165) is 11.3 Å². The summed E-state index contributed by atoms with van der Waals surface area (Å²) in [5.74, 6) is 5.96. The lowest BCUT2D eigenvalue weighted by atomic mass is 10.2. The van der Waals surface area contributed by atoms with Gasteiger partial charge in [-0.2, -0.15) is 0 Å². The van der Waals surface area contributed by atoms with E-state index >= 15 is 0 Å². The molecule has 6 nitrogen and oxygen atoms in total. The second kappa shape index (κ2) is 5.45. The van der Waals surface area contributed by atoms with Crippen LogP contribution in [0.25, 0.3) is 0 Å². The molecule has 98 valence electrons. The van der Waals surface area contributed by atoms with Crippen LogP contribution < -0.4 is 16.6 Å². The molecule has 0 aliphatic rings. The molecule has 2 rings (SSSR count). The number of pyridine rings is 2. The highest BCUT2D eigenvalue weighted by Gasteiger charge is 2.08. The number of nitrogens with two attached hydrogens (primary N) is 1. The number of hydrogen-bond donors (Lipinski definition) is 3. The van der Waals surface area contributed by atoms with Crippen LogP contribution in [0.2, 0.25) is 0 Å². The molecule has 1 amide bonds. The lowest BCUT2D eigenvalue weighted by molar-refractivity contribution is 0.102. The van der Waals surface area contributed by atoms with Crippen molar-refractivity contribution in [2.24, 2.45) is 5.84 Å². The number of aryl methyl sites for hydroxylation is 2. The van der Waals surface area contributed by atoms with E-state index < -0.39 is 0 Å². The largest absolute Gasteiger partial charge is 0.308 e. The number of aromatic nitrogens is 2. The maximum atomic E-state index is 12.1. The number of nitrogens with one attached hydrogen (secondary N) is 2. The average molecular weight is 257 g/mol. The summed E-state index contributed by atoms with van der Waals surface area (Å²) >= 11 is 0. The smallest absolute Gasteiger partial charge is 0.257 e. The fourth-order valence-electron chi connectivity index (χ4n) is 1.74. The van der Waals surface area contributed by atoms with Crippen molar-refractivity contribution >= 4 is 17.5 Å². The number of anilines is 2. The van der Waals surface area contributed by atoms with Crippen molar-refractivity contribution < 1.29 is 4.79 Å². The van der Waals surface area contributed by atoms with E-state index in [1.807, 2.05) is 26.0 Å². The Bertz CT molecular complexity index is 591. The summed E-state index contributed by atoms with van der Waals surface area (Å²) in [7, 11) is 0. The Hall–Kier alpha value is -2.47. The van der Waals surface area contributed by atoms with E-state index in [2.05, 4.69) is 20.7 Å². The molecule has 0 spiro atoms. The number of carbonyl (C=O) groups is 1. The van der Waals surface area contributed by atoms with Crippen LogP contribution in [0.4, 0.5) is 11.6 Å². The fraction of sp³-hybridized carbons (Fsp3) is 0.154. The lowest BCUT2D eigenvalue weighted by Crippen LogP contribution is -2.15. The monoisotopic (exact) mass is 257 g/mol. The summed E-state index contributed by atoms with van der Waals surface area (Å²) in [6.07, 6.45) is 1.51. The van der Waals surface area contributed by atoms with Gasteiger partial charge in [-0.25, -0.2) is 15.8 Å². The maximum absolute atomic E-state index is 12.1. The molecule has 0 radical (unpaired) electrons. The first-order chi connectivity index (χ1) is 9.08. The first-order valence-electron chi connectivity index (χ1n) is 5.78. The molecule has 2 aromatic rings. The molecule has 0 saturated carbocycles. The fourth-order valence-corrected chi connectivity index (χ4v) is 1.74. The number of rotatable bonds is 3. The van der Waals surface area contributed by atoms with Crippen molar-refractivity contribution in [3.63, 3.8) is 0 Å². The Balaban J connectivity index is 2.20. The number of amides is 1. The van der Waals surface area contributed by atoms with Crippen molar-refractivity contribution in [3.8, 4) is 0 Å². The molecule has 0 aliphatic heterocycles. The second-order valence-electron chi connectivity index (χ2n) is 4.20. The van der Waals surface area contributed by atoms with Crippen molar-refractivity contribution in [3.05, 3.63) is 47.3 Å². The molecule has 6 heteroatoms. The maximum Gasteiger partial charge on any atom is 0.257 e. The quantitative estimate of drug-likeness (QED) is 0.574. The molecule has 0 unspecified atom stereocenters. The van der Waals surface area contributed by atoms with E-state index in [4.69, 9.17) is 5.84 Å². The zero-order valence-corrected chi connectivity index (χ0v) is 10.8. The summed E-state index contributed by atoms with van der Waals surface area (Å²) in [5, 5.41) is 2.74. The average Bonchev–Trinajstić information content (AvgIpc) is 2.37. The molecule has 19 heavy (non-hydrogen) atoms. The topological polar surface area (TPSA) is 92.9 Å². The Morgan fingerprint density at radius 1 is 1.21 bits per heavy atom. The van der Waals surface area contributed by atoms with Crippen LogP contribution in [0.3, 0.4) is 0 Å². The summed E-state index contributed by atoms with van der Waals surface area (Å²) in [6, 6.07) is 6.93. The Morgan fingerprint density at radius 3 is 2.68 bits per heavy atom. The molecular weight excluding hydrogens is 242 g/mol. The van der Waals surface area contributed by atoms with Gasteiger partial charge in [-0.3, -0.25) is 4.79 Å². The molecule has 0 atom stereocenters. The summed E-state index contributed by atoms with van der Waals surface area (Å²) in [6.45, 7) is 3.83. The molecule has 0 fully saturated rings. The van der Waals surface area contributed by atoms with Crippen molar-refractivity contribution in [2.75, 3.05) is 10.7 Å². The van der Waals surface area contributed by atoms with Crippen LogP contribution in [-0.4, -0.2) is 15.9 Å². The minimum absolute atomic E-state index is 0.253. The van der Waals surface area contributed by atoms with Gasteiger partial charge in [0.1, 0.15) is 11.6 Å². The third kappa shape index (κ3) is 3.26. The van der Waals surface area contributed by atoms with E-state index in [0.29, 0.717) is 17.2 Å². The SMILES string of the molecule is Cc1cc(C)nc(NC(=O)c2ccnc(NN)c2)c1. The normalized spacial score (nSPS) is 10.1. The molecule has 0 saturated heterocycles. The Labute approximate surface area is 111 Å². The van der Waals surface area contributed by atoms with Crippen LogP contribution in [0.5, 0.6) is 0 Å². The number of nitrogen functional groups attached to an aromatic ring is 1. The van der Waals surface area contributed by atoms with Crippen molar-refractivity contribution in [2.45, 2.75) is 13.8 Å². The van der Waals surface area contributed by atoms with E-state index in [-0.39, 0.29) is 5.91 Å². The van der Waals surface area contributed by atoms with E-state index in [9.17, 15) is 4.79 Å². The molecule has 0 bridgehead atoms. The van der Waals surface area contributed by atoms with Gasteiger partial charge >= 0.3 is 0 Å². The number of carbonyl (C=O) groups excluding carboxylic acids is 1. The highest BCUT2D eigenvalue weighted by atomic mass is 16.1. The lowest BCUT2D eigenvalue weighted by Gasteiger charge is -2.07. The van der Waals surface area contributed by atoms with Gasteiger partial charge in [-0.1, -0.05) is 0 Å². The van der Waals surface area contributed by atoms with E-state index in [1.54, 1.807) is 12.1 Å². The van der Waals surface area contributed by atoms with Crippen molar-refractivity contribution in [1.29, 1.82) is 0 Å². The minimum atomic E-state index is -0.253. The van der Waals surface area contributed by atoms with Gasteiger partial charge in [0.15, 0.2) is 0 Å². The number of hydrogen-bond acceptors (Lipinski definition) is 5. The first kappa shape index (κ1) is 13.0. The highest BCUT2D eigenvalue weighted by molar-refractivity contribution is 6.04. The van der Waals surface area contributed by atoms with Crippen LogP contribution >= 0.6 is 0 Å². The molecule has 0 aliphatic carbocycles. The third-order valence-corrected chi connectivity index (χ3v) is 2.51. The van der Waals surface area contributed by atoms with Crippen LogP contribution in [0.15, 0.2) is 30.5 Å². The minimum Gasteiger partial charge on any atom is -0.308 e. The number of nitrogens with zero attached hydrogens (tertiary/aromatic N) is 2. The summed E-state index contributed by atoms with van der Waals surface area (Å²) < 4.78 is 0.